The third-order valence-corrected chi connectivity index (χ3v) is 9.67. The number of nitrogens with zero attached hydrogens (tertiary/aromatic N) is 2. The quantitative estimate of drug-likeness (QED) is 0.233. The van der Waals surface area contributed by atoms with Gasteiger partial charge >= 0.3 is 0 Å². The Morgan fingerprint density at radius 2 is 1.59 bits per heavy atom. The highest BCUT2D eigenvalue weighted by atomic mass is 32.2. The second-order valence-corrected chi connectivity index (χ2v) is 12.9. The van der Waals surface area contributed by atoms with Gasteiger partial charge in [0, 0.05) is 52.2 Å². The normalized spacial score (nSPS) is 14.3. The first-order valence-corrected chi connectivity index (χ1v) is 16.7. The van der Waals surface area contributed by atoms with Crippen LogP contribution in [-0.2, 0) is 43.7 Å². The molecule has 0 bridgehead atoms. The molecule has 3 aromatic carbocycles. The molecule has 10 heteroatoms. The van der Waals surface area contributed by atoms with Crippen molar-refractivity contribution >= 4 is 21.8 Å². The zero-order chi connectivity index (χ0) is 31.4. The van der Waals surface area contributed by atoms with E-state index in [1.807, 2.05) is 37.3 Å². The van der Waals surface area contributed by atoms with E-state index in [0.717, 1.165) is 24.0 Å². The van der Waals surface area contributed by atoms with Crippen LogP contribution in [0.1, 0.15) is 49.3 Å². The van der Waals surface area contributed by atoms with Crippen LogP contribution in [-0.4, -0.2) is 68.3 Å². The maximum Gasteiger partial charge on any atom is 0.243 e. The Kier molecular flexibility index (Phi) is 12.5. The van der Waals surface area contributed by atoms with Gasteiger partial charge in [-0.25, -0.2) is 12.8 Å². The number of rotatable bonds is 16. The molecule has 0 aliphatic carbocycles. The molecule has 1 atom stereocenters. The first-order chi connectivity index (χ1) is 21.3. The number of carbonyl (C=O) groups is 2. The fourth-order valence-corrected chi connectivity index (χ4v) is 6.81. The van der Waals surface area contributed by atoms with Gasteiger partial charge in [-0.1, -0.05) is 54.6 Å². The van der Waals surface area contributed by atoms with E-state index in [4.69, 9.17) is 4.74 Å². The van der Waals surface area contributed by atoms with E-state index < -0.39 is 16.1 Å². The predicted octanol–water partition coefficient (Wildman–Crippen LogP) is 4.73. The molecule has 0 unspecified atom stereocenters. The third kappa shape index (κ3) is 9.45. The molecule has 8 nitrogen and oxygen atoms in total. The lowest BCUT2D eigenvalue weighted by Gasteiger charge is -2.31. The van der Waals surface area contributed by atoms with Gasteiger partial charge in [0.05, 0.1) is 4.90 Å². The number of benzene rings is 3. The summed E-state index contributed by atoms with van der Waals surface area (Å²) in [5.74, 6) is -0.875. The lowest BCUT2D eigenvalue weighted by Crippen LogP contribution is -2.50. The summed E-state index contributed by atoms with van der Waals surface area (Å²) >= 11 is 0. The molecule has 0 saturated carbocycles. The monoisotopic (exact) mass is 623 g/mol. The first-order valence-electron chi connectivity index (χ1n) is 15.3. The van der Waals surface area contributed by atoms with Crippen molar-refractivity contribution in [1.82, 2.24) is 14.5 Å². The van der Waals surface area contributed by atoms with E-state index in [1.54, 1.807) is 41.3 Å². The van der Waals surface area contributed by atoms with Crippen LogP contribution >= 0.6 is 0 Å². The molecule has 44 heavy (non-hydrogen) atoms. The van der Waals surface area contributed by atoms with E-state index in [9.17, 15) is 22.4 Å². The van der Waals surface area contributed by atoms with Crippen LogP contribution in [0, 0.1) is 5.82 Å². The molecule has 1 aliphatic rings. The zero-order valence-electron chi connectivity index (χ0n) is 25.3. The number of ether oxygens (including phenoxy) is 1. The Morgan fingerprint density at radius 1 is 0.932 bits per heavy atom. The molecule has 1 aliphatic heterocycles. The lowest BCUT2D eigenvalue weighted by atomic mass is 10.0. The van der Waals surface area contributed by atoms with Crippen LogP contribution in [0.5, 0.6) is 0 Å². The molecule has 1 heterocycles. The van der Waals surface area contributed by atoms with E-state index >= 15 is 0 Å². The summed E-state index contributed by atoms with van der Waals surface area (Å²) in [6.45, 7) is 4.65. The van der Waals surface area contributed by atoms with Gasteiger partial charge in [0.2, 0.25) is 21.8 Å². The van der Waals surface area contributed by atoms with Crippen molar-refractivity contribution < 1.29 is 27.1 Å². The molecule has 236 valence electrons. The zero-order valence-corrected chi connectivity index (χ0v) is 26.1. The molecule has 1 fully saturated rings. The number of hydrogen-bond acceptors (Lipinski definition) is 5. The van der Waals surface area contributed by atoms with Crippen LogP contribution in [0.3, 0.4) is 0 Å². The van der Waals surface area contributed by atoms with Gasteiger partial charge in [-0.2, -0.15) is 4.31 Å². The van der Waals surface area contributed by atoms with Gasteiger partial charge in [-0.15, -0.1) is 0 Å². The predicted molar refractivity (Wildman–Crippen MR) is 168 cm³/mol. The van der Waals surface area contributed by atoms with Crippen LogP contribution in [0.2, 0.25) is 0 Å². The van der Waals surface area contributed by atoms with Crippen LogP contribution in [0.15, 0.2) is 83.8 Å². The molecule has 0 radical (unpaired) electrons. The highest BCUT2D eigenvalue weighted by Crippen LogP contribution is 2.22. The average molecular weight is 624 g/mol. The average Bonchev–Trinajstić information content (AvgIpc) is 3.59. The number of nitrogens with one attached hydrogen (secondary N) is 1. The van der Waals surface area contributed by atoms with E-state index in [-0.39, 0.29) is 35.5 Å². The van der Waals surface area contributed by atoms with Gasteiger partial charge in [-0.05, 0) is 73.6 Å². The highest BCUT2D eigenvalue weighted by Gasteiger charge is 2.30. The second kappa shape index (κ2) is 16.5. The fourth-order valence-electron chi connectivity index (χ4n) is 5.29. The molecule has 1 N–H and O–H groups in total. The minimum absolute atomic E-state index is 0.113. The second-order valence-electron chi connectivity index (χ2n) is 11.0. The maximum absolute atomic E-state index is 13.9. The van der Waals surface area contributed by atoms with E-state index in [1.165, 1.54) is 16.4 Å². The maximum atomic E-state index is 13.9. The van der Waals surface area contributed by atoms with Crippen molar-refractivity contribution in [2.24, 2.45) is 0 Å². The number of amides is 2. The van der Waals surface area contributed by atoms with Gasteiger partial charge < -0.3 is 15.0 Å². The van der Waals surface area contributed by atoms with Crippen LogP contribution in [0.4, 0.5) is 4.39 Å². The molecule has 1 saturated heterocycles. The molecule has 2 amide bonds. The minimum Gasteiger partial charge on any atom is -0.382 e. The Bertz CT molecular complexity index is 1440. The first kappa shape index (κ1) is 33.3. The van der Waals surface area contributed by atoms with E-state index in [2.05, 4.69) is 5.32 Å². The summed E-state index contributed by atoms with van der Waals surface area (Å²) in [7, 11) is -3.52. The summed E-state index contributed by atoms with van der Waals surface area (Å²) < 4.78 is 46.4. The summed E-state index contributed by atoms with van der Waals surface area (Å²) in [6, 6.07) is 21.3. The molecule has 3 aromatic rings. The van der Waals surface area contributed by atoms with Crippen LogP contribution < -0.4 is 5.32 Å². The molecular weight excluding hydrogens is 581 g/mol. The van der Waals surface area contributed by atoms with Crippen molar-refractivity contribution in [2.75, 3.05) is 32.8 Å². The number of sulfonamides is 1. The lowest BCUT2D eigenvalue weighted by molar-refractivity contribution is -0.141. The van der Waals surface area contributed by atoms with Crippen molar-refractivity contribution in [3.63, 3.8) is 0 Å². The van der Waals surface area contributed by atoms with E-state index in [0.29, 0.717) is 57.7 Å². The van der Waals surface area contributed by atoms with Crippen LogP contribution in [0.25, 0.3) is 0 Å². The summed E-state index contributed by atoms with van der Waals surface area (Å²) in [5.41, 5.74) is 2.44. The number of hydrogen-bond donors (Lipinski definition) is 1. The Labute approximate surface area is 260 Å². The summed E-state index contributed by atoms with van der Waals surface area (Å²) in [6.07, 6.45) is 3.18. The number of carbonyl (C=O) groups excluding carboxylic acids is 2. The number of halogens is 1. The molecule has 0 aromatic heterocycles. The Balaban J connectivity index is 1.52. The standard InChI is InChI=1S/C34H42FN3O5S/c1-2-43-24-8-21-36-34(40)32(25-28-9-4-3-5-10-28)38(26-29-11-16-30(35)17-12-29)33(39)20-15-27-13-18-31(19-14-27)44(41,42)37-22-6-7-23-37/h3-5,9-14,16-19,32H,2,6-8,15,20-26H2,1H3,(H,36,40)/t32-/m0/s1. The smallest absolute Gasteiger partial charge is 0.243 e. The minimum atomic E-state index is -3.52. The Hall–Kier alpha value is -3.60. The van der Waals surface area contributed by atoms with Crippen molar-refractivity contribution in [2.45, 2.75) is 62.9 Å². The van der Waals surface area contributed by atoms with Gasteiger partial charge in [0.25, 0.3) is 0 Å². The van der Waals surface area contributed by atoms with Gasteiger partial charge in [0.15, 0.2) is 0 Å². The molecular formula is C34H42FN3O5S. The van der Waals surface area contributed by atoms with Gasteiger partial charge in [0.1, 0.15) is 11.9 Å². The third-order valence-electron chi connectivity index (χ3n) is 7.76. The summed E-state index contributed by atoms with van der Waals surface area (Å²) in [5, 5.41) is 2.98. The SMILES string of the molecule is CCOCCCNC(=O)[C@H](Cc1ccccc1)N(Cc1ccc(F)cc1)C(=O)CCc1ccc(S(=O)(=O)N2CCCC2)cc1. The largest absolute Gasteiger partial charge is 0.382 e. The van der Waals surface area contributed by atoms with Gasteiger partial charge in [-0.3, -0.25) is 9.59 Å². The van der Waals surface area contributed by atoms with Crippen molar-refractivity contribution in [1.29, 1.82) is 0 Å². The molecule has 4 rings (SSSR count). The van der Waals surface area contributed by atoms with Crippen molar-refractivity contribution in [3.8, 4) is 0 Å². The topological polar surface area (TPSA) is 96.0 Å². The summed E-state index contributed by atoms with van der Waals surface area (Å²) in [4.78, 5) is 29.3. The highest BCUT2D eigenvalue weighted by molar-refractivity contribution is 7.89. The van der Waals surface area contributed by atoms with Crippen molar-refractivity contribution in [3.05, 3.63) is 101 Å². The Morgan fingerprint density at radius 3 is 2.25 bits per heavy atom. The molecule has 0 spiro atoms. The fraction of sp³-hybridized carbons (Fsp3) is 0.412. The number of aryl methyl sites for hydroxylation is 1.